The molecule has 1 aromatic carbocycles. The van der Waals surface area contributed by atoms with Crippen molar-refractivity contribution in [2.45, 2.75) is 12.6 Å². The van der Waals surface area contributed by atoms with Crippen LogP contribution in [0.25, 0.3) is 0 Å². The normalized spacial score (nSPS) is 18.2. The van der Waals surface area contributed by atoms with Crippen molar-refractivity contribution < 1.29 is 27.8 Å². The van der Waals surface area contributed by atoms with Gasteiger partial charge in [0.05, 0.1) is 37.7 Å². The number of hydrogen-bond donors (Lipinski definition) is 1. The SMILES string of the molecule is O=C(Oc1cccnc1)N1CCN(c2c(F)cc(N3C[C@H](Cn4ccnn4)OC3=O)cc2F)CCN1. The summed E-state index contributed by atoms with van der Waals surface area (Å²) in [5.41, 5.74) is 2.71. The number of nitrogens with one attached hydrogen (secondary N) is 1. The number of benzene rings is 1. The Hall–Kier alpha value is -4.33. The fraction of sp³-hybridized carbons (Fsp3) is 0.318. The molecule has 5 rings (SSSR count). The number of anilines is 2. The van der Waals surface area contributed by atoms with E-state index in [0.29, 0.717) is 0 Å². The number of rotatable bonds is 5. The molecular formula is C22H22F2N8O4. The summed E-state index contributed by atoms with van der Waals surface area (Å²) in [5, 5.41) is 8.77. The summed E-state index contributed by atoms with van der Waals surface area (Å²) in [6, 6.07) is 5.43. The number of nitrogens with zero attached hydrogens (tertiary/aromatic N) is 7. The van der Waals surface area contributed by atoms with Gasteiger partial charge in [-0.3, -0.25) is 9.88 Å². The summed E-state index contributed by atoms with van der Waals surface area (Å²) in [5.74, 6) is -1.38. The molecule has 0 radical (unpaired) electrons. The van der Waals surface area contributed by atoms with E-state index in [0.717, 1.165) is 12.1 Å². The van der Waals surface area contributed by atoms with Gasteiger partial charge in [0, 0.05) is 44.2 Å². The van der Waals surface area contributed by atoms with Gasteiger partial charge < -0.3 is 14.4 Å². The lowest BCUT2D eigenvalue weighted by Crippen LogP contribution is -2.45. The minimum Gasteiger partial charge on any atom is -0.442 e. The number of amides is 2. The number of pyridine rings is 1. The van der Waals surface area contributed by atoms with Crippen molar-refractivity contribution in [1.82, 2.24) is 30.4 Å². The second-order valence-electron chi connectivity index (χ2n) is 8.10. The van der Waals surface area contributed by atoms with Crippen LogP contribution < -0.4 is 20.0 Å². The molecule has 0 unspecified atom stereocenters. The molecule has 2 saturated heterocycles. The average Bonchev–Trinajstić information content (AvgIpc) is 3.42. The Balaban J connectivity index is 1.25. The van der Waals surface area contributed by atoms with E-state index in [2.05, 4.69) is 20.7 Å². The smallest absolute Gasteiger partial charge is 0.429 e. The van der Waals surface area contributed by atoms with Gasteiger partial charge in [-0.05, 0) is 12.1 Å². The summed E-state index contributed by atoms with van der Waals surface area (Å²) in [6.45, 7) is 1.11. The van der Waals surface area contributed by atoms with Crippen molar-refractivity contribution in [3.8, 4) is 5.75 Å². The molecule has 0 bridgehead atoms. The molecule has 3 aromatic rings. The third-order valence-electron chi connectivity index (χ3n) is 5.70. The molecule has 2 fully saturated rings. The van der Waals surface area contributed by atoms with Crippen LogP contribution in [0.2, 0.25) is 0 Å². The number of cyclic esters (lactones) is 1. The molecule has 36 heavy (non-hydrogen) atoms. The lowest BCUT2D eigenvalue weighted by molar-refractivity contribution is 0.129. The van der Waals surface area contributed by atoms with Crippen LogP contribution in [0.1, 0.15) is 0 Å². The Bertz CT molecular complexity index is 1210. The molecule has 0 aliphatic carbocycles. The van der Waals surface area contributed by atoms with Crippen LogP contribution >= 0.6 is 0 Å². The van der Waals surface area contributed by atoms with Crippen molar-refractivity contribution in [2.24, 2.45) is 0 Å². The number of carbonyl (C=O) groups excluding carboxylic acids is 2. The van der Waals surface area contributed by atoms with E-state index in [4.69, 9.17) is 9.47 Å². The van der Waals surface area contributed by atoms with Crippen molar-refractivity contribution in [2.75, 3.05) is 42.5 Å². The van der Waals surface area contributed by atoms with E-state index < -0.39 is 29.9 Å². The van der Waals surface area contributed by atoms with Crippen LogP contribution in [-0.2, 0) is 11.3 Å². The van der Waals surface area contributed by atoms with Gasteiger partial charge in [-0.2, -0.15) is 0 Å². The second kappa shape index (κ2) is 10.1. The van der Waals surface area contributed by atoms with Gasteiger partial charge in [-0.15, -0.1) is 5.10 Å². The molecular weight excluding hydrogens is 478 g/mol. The first kappa shape index (κ1) is 23.4. The van der Waals surface area contributed by atoms with Crippen molar-refractivity contribution >= 4 is 23.6 Å². The van der Waals surface area contributed by atoms with Gasteiger partial charge >= 0.3 is 12.2 Å². The van der Waals surface area contributed by atoms with Crippen molar-refractivity contribution in [3.63, 3.8) is 0 Å². The number of hydrogen-bond acceptors (Lipinski definition) is 9. The predicted octanol–water partition coefficient (Wildman–Crippen LogP) is 1.80. The molecule has 1 N–H and O–H groups in total. The Morgan fingerprint density at radius 2 is 2.03 bits per heavy atom. The van der Waals surface area contributed by atoms with Gasteiger partial charge in [-0.25, -0.2) is 33.5 Å². The zero-order valence-electron chi connectivity index (χ0n) is 19.0. The van der Waals surface area contributed by atoms with Gasteiger partial charge in [0.25, 0.3) is 0 Å². The molecule has 0 spiro atoms. The second-order valence-corrected chi connectivity index (χ2v) is 8.10. The maximum Gasteiger partial charge on any atom is 0.429 e. The van der Waals surface area contributed by atoms with Gasteiger partial charge in [-0.1, -0.05) is 5.21 Å². The molecule has 2 amide bonds. The summed E-state index contributed by atoms with van der Waals surface area (Å²) in [7, 11) is 0. The van der Waals surface area contributed by atoms with Crippen molar-refractivity contribution in [1.29, 1.82) is 0 Å². The lowest BCUT2D eigenvalue weighted by atomic mass is 10.2. The largest absolute Gasteiger partial charge is 0.442 e. The predicted molar refractivity (Wildman–Crippen MR) is 121 cm³/mol. The molecule has 12 nitrogen and oxygen atoms in total. The molecule has 2 aliphatic rings. The van der Waals surface area contributed by atoms with E-state index in [9.17, 15) is 9.59 Å². The fourth-order valence-electron chi connectivity index (χ4n) is 4.05. The first-order valence-electron chi connectivity index (χ1n) is 11.2. The van der Waals surface area contributed by atoms with Crippen LogP contribution in [0, 0.1) is 11.6 Å². The minimum atomic E-state index is -0.830. The third-order valence-corrected chi connectivity index (χ3v) is 5.70. The van der Waals surface area contributed by atoms with Crippen LogP contribution in [0.15, 0.2) is 49.1 Å². The topological polar surface area (TPSA) is 118 Å². The van der Waals surface area contributed by atoms with E-state index in [-0.39, 0.29) is 56.4 Å². The molecule has 0 saturated carbocycles. The Kier molecular flexibility index (Phi) is 6.58. The Labute approximate surface area is 204 Å². The highest BCUT2D eigenvalue weighted by atomic mass is 19.1. The molecule has 2 aliphatic heterocycles. The highest BCUT2D eigenvalue weighted by Gasteiger charge is 2.34. The number of carbonyl (C=O) groups is 2. The van der Waals surface area contributed by atoms with E-state index in [1.165, 1.54) is 31.9 Å². The number of aromatic nitrogens is 4. The summed E-state index contributed by atoms with van der Waals surface area (Å²) in [6.07, 6.45) is 4.18. The lowest BCUT2D eigenvalue weighted by Gasteiger charge is -2.25. The zero-order chi connectivity index (χ0) is 25.1. The van der Waals surface area contributed by atoms with Crippen LogP contribution in [0.3, 0.4) is 0 Å². The summed E-state index contributed by atoms with van der Waals surface area (Å²) < 4.78 is 42.3. The van der Waals surface area contributed by atoms with E-state index in [1.54, 1.807) is 24.5 Å². The van der Waals surface area contributed by atoms with Crippen molar-refractivity contribution in [3.05, 3.63) is 60.7 Å². The Morgan fingerprint density at radius 3 is 2.75 bits per heavy atom. The zero-order valence-corrected chi connectivity index (χ0v) is 19.0. The monoisotopic (exact) mass is 500 g/mol. The Morgan fingerprint density at radius 1 is 1.19 bits per heavy atom. The fourth-order valence-corrected chi connectivity index (χ4v) is 4.05. The third kappa shape index (κ3) is 5.02. The number of hydrazine groups is 1. The van der Waals surface area contributed by atoms with Crippen LogP contribution in [-0.4, -0.2) is 76.0 Å². The average molecular weight is 500 g/mol. The van der Waals surface area contributed by atoms with Gasteiger partial charge in [0.1, 0.15) is 11.8 Å². The van der Waals surface area contributed by atoms with Gasteiger partial charge in [0.15, 0.2) is 17.4 Å². The highest BCUT2D eigenvalue weighted by molar-refractivity contribution is 5.90. The number of halogens is 2. The molecule has 1 atom stereocenters. The van der Waals surface area contributed by atoms with Crippen LogP contribution in [0.4, 0.5) is 29.7 Å². The molecule has 188 valence electrons. The minimum absolute atomic E-state index is 0.0504. The molecule has 14 heteroatoms. The van der Waals surface area contributed by atoms with E-state index >= 15 is 8.78 Å². The first-order valence-corrected chi connectivity index (χ1v) is 11.2. The quantitative estimate of drug-likeness (QED) is 0.560. The number of ether oxygens (including phenoxy) is 2. The molecule has 4 heterocycles. The van der Waals surface area contributed by atoms with Gasteiger partial charge in [0.2, 0.25) is 0 Å². The maximum atomic E-state index is 15.1. The standard InChI is InChI=1S/C22H22F2N8O4/c23-18-10-15(31-14-17(36-21(31)33)13-30-7-4-26-28-30)11-19(24)20(18)29-6-5-27-32(9-8-29)22(34)35-16-2-1-3-25-12-16/h1-4,7,10-12,17,27H,5-6,8-9,13-14H2/t17-/m0/s1. The summed E-state index contributed by atoms with van der Waals surface area (Å²) >= 11 is 0. The molecule has 2 aromatic heterocycles. The van der Waals surface area contributed by atoms with E-state index in [1.807, 2.05) is 0 Å². The first-order chi connectivity index (χ1) is 17.5. The highest BCUT2D eigenvalue weighted by Crippen LogP contribution is 2.31. The van der Waals surface area contributed by atoms with Crippen LogP contribution in [0.5, 0.6) is 5.75 Å². The maximum absolute atomic E-state index is 15.1. The summed E-state index contributed by atoms with van der Waals surface area (Å²) in [4.78, 5) is 31.3.